The number of benzene rings is 1. The summed E-state index contributed by atoms with van der Waals surface area (Å²) in [5.74, 6) is 0. The maximum Gasteiger partial charge on any atom is 0.103 e. The molecule has 1 saturated heterocycles. The fourth-order valence-electron chi connectivity index (χ4n) is 2.99. The van der Waals surface area contributed by atoms with Gasteiger partial charge < -0.3 is 10.2 Å². The first-order valence-electron chi connectivity index (χ1n) is 7.85. The van der Waals surface area contributed by atoms with Gasteiger partial charge in [0, 0.05) is 24.0 Å². The Morgan fingerprint density at radius 1 is 1.43 bits per heavy atom. The summed E-state index contributed by atoms with van der Waals surface area (Å²) < 4.78 is 0. The Morgan fingerprint density at radius 3 is 2.90 bits per heavy atom. The first-order chi connectivity index (χ1) is 10.3. The number of nitrogens with one attached hydrogen (secondary N) is 1. The summed E-state index contributed by atoms with van der Waals surface area (Å²) in [5, 5.41) is 13.2. The lowest BCUT2D eigenvalue weighted by Crippen LogP contribution is -2.44. The van der Waals surface area contributed by atoms with E-state index < -0.39 is 0 Å². The average Bonchev–Trinajstić information content (AvgIpc) is 2.54. The molecule has 4 heteroatoms. The predicted octanol–water partition coefficient (Wildman–Crippen LogP) is 3.64. The van der Waals surface area contributed by atoms with Crippen LogP contribution in [0.2, 0.25) is 0 Å². The molecule has 0 bridgehead atoms. The van der Waals surface area contributed by atoms with Gasteiger partial charge in [-0.05, 0) is 44.2 Å². The summed E-state index contributed by atoms with van der Waals surface area (Å²) in [6.07, 6.45) is 6.97. The molecule has 1 aliphatic heterocycles. The molecule has 3 nitrogen and oxygen atoms in total. The van der Waals surface area contributed by atoms with Crippen molar-refractivity contribution in [1.29, 1.82) is 5.26 Å². The lowest BCUT2D eigenvalue weighted by atomic mass is 10.0. The van der Waals surface area contributed by atoms with E-state index in [1.807, 2.05) is 12.3 Å². The van der Waals surface area contributed by atoms with Gasteiger partial charge in [-0.2, -0.15) is 5.26 Å². The second kappa shape index (κ2) is 8.31. The zero-order chi connectivity index (χ0) is 15.1. The monoisotopic (exact) mass is 303 g/mol. The van der Waals surface area contributed by atoms with Crippen molar-refractivity contribution in [3.63, 3.8) is 0 Å². The van der Waals surface area contributed by atoms with Crippen LogP contribution in [0.5, 0.6) is 0 Å². The summed E-state index contributed by atoms with van der Waals surface area (Å²) in [4.78, 5) is 3.47. The highest BCUT2D eigenvalue weighted by Gasteiger charge is 2.19. The van der Waals surface area contributed by atoms with E-state index in [1.54, 1.807) is 11.8 Å². The van der Waals surface area contributed by atoms with E-state index >= 15 is 0 Å². The van der Waals surface area contributed by atoms with Crippen molar-refractivity contribution in [1.82, 2.24) is 5.32 Å². The van der Waals surface area contributed by atoms with Crippen LogP contribution in [0.25, 0.3) is 0 Å². The molecule has 1 aromatic carbocycles. The average molecular weight is 303 g/mol. The number of thioether (sulfide) groups is 1. The number of nitriles is 1. The number of hydrogen-bond donors (Lipinski definition) is 1. The third kappa shape index (κ3) is 4.15. The topological polar surface area (TPSA) is 39.1 Å². The van der Waals surface area contributed by atoms with Gasteiger partial charge in [-0.1, -0.05) is 19.4 Å². The lowest BCUT2D eigenvalue weighted by Gasteiger charge is -2.32. The molecule has 1 heterocycles. The van der Waals surface area contributed by atoms with Gasteiger partial charge in [0.1, 0.15) is 6.07 Å². The third-order valence-corrected chi connectivity index (χ3v) is 4.80. The molecule has 1 N–H and O–H groups in total. The molecule has 1 aromatic rings. The van der Waals surface area contributed by atoms with Gasteiger partial charge in [0.05, 0.1) is 11.3 Å². The minimum absolute atomic E-state index is 0.551. The fraction of sp³-hybridized carbons (Fsp3) is 0.588. The van der Waals surface area contributed by atoms with Gasteiger partial charge >= 0.3 is 0 Å². The molecule has 0 aliphatic carbocycles. The minimum atomic E-state index is 0.551. The van der Waals surface area contributed by atoms with E-state index in [2.05, 4.69) is 35.3 Å². The van der Waals surface area contributed by atoms with Crippen molar-refractivity contribution in [3.8, 4) is 6.07 Å². The van der Waals surface area contributed by atoms with Gasteiger partial charge in [0.25, 0.3) is 0 Å². The van der Waals surface area contributed by atoms with Gasteiger partial charge in [-0.3, -0.25) is 0 Å². The number of hydrogen-bond acceptors (Lipinski definition) is 4. The van der Waals surface area contributed by atoms with Crippen LogP contribution >= 0.6 is 11.8 Å². The van der Waals surface area contributed by atoms with E-state index in [-0.39, 0.29) is 0 Å². The fourth-order valence-corrected chi connectivity index (χ4v) is 3.56. The van der Waals surface area contributed by atoms with Gasteiger partial charge in [-0.15, -0.1) is 11.8 Å². The van der Waals surface area contributed by atoms with Crippen molar-refractivity contribution >= 4 is 17.4 Å². The Labute approximate surface area is 132 Å². The summed E-state index contributed by atoms with van der Waals surface area (Å²) in [7, 11) is 0. The highest BCUT2D eigenvalue weighted by atomic mass is 32.2. The molecule has 21 heavy (non-hydrogen) atoms. The molecular weight excluding hydrogens is 278 g/mol. The largest absolute Gasteiger partial charge is 0.369 e. The van der Waals surface area contributed by atoms with E-state index in [4.69, 9.17) is 0 Å². The maximum absolute atomic E-state index is 9.55. The number of rotatable bonds is 6. The Balaban J connectivity index is 2.23. The molecule has 1 aliphatic rings. The Morgan fingerprint density at radius 2 is 2.29 bits per heavy atom. The van der Waals surface area contributed by atoms with Crippen LogP contribution in [0.1, 0.15) is 38.2 Å². The second-order valence-corrected chi connectivity index (χ2v) is 6.41. The maximum atomic E-state index is 9.55. The molecule has 2 rings (SSSR count). The first kappa shape index (κ1) is 16.2. The molecular formula is C17H25N3S. The zero-order valence-electron chi connectivity index (χ0n) is 13.1. The molecule has 0 amide bonds. The van der Waals surface area contributed by atoms with Crippen LogP contribution in [0.15, 0.2) is 23.1 Å². The van der Waals surface area contributed by atoms with Gasteiger partial charge in [0.2, 0.25) is 0 Å². The van der Waals surface area contributed by atoms with Crippen LogP contribution in [-0.2, 0) is 0 Å². The number of anilines is 1. The second-order valence-electron chi connectivity index (χ2n) is 5.56. The summed E-state index contributed by atoms with van der Waals surface area (Å²) >= 11 is 1.65. The van der Waals surface area contributed by atoms with Crippen molar-refractivity contribution in [2.45, 2.75) is 43.5 Å². The summed E-state index contributed by atoms with van der Waals surface area (Å²) in [6.45, 7) is 5.33. The van der Waals surface area contributed by atoms with Crippen LogP contribution in [0.4, 0.5) is 5.69 Å². The number of nitrogens with zero attached hydrogens (tertiary/aromatic N) is 2. The lowest BCUT2D eigenvalue weighted by molar-refractivity contribution is 0.399. The van der Waals surface area contributed by atoms with Crippen LogP contribution in [0, 0.1) is 11.3 Å². The summed E-state index contributed by atoms with van der Waals surface area (Å²) in [6, 6.07) is 9.16. The molecule has 1 fully saturated rings. The first-order valence-corrected chi connectivity index (χ1v) is 9.08. The predicted molar refractivity (Wildman–Crippen MR) is 91.1 cm³/mol. The van der Waals surface area contributed by atoms with E-state index in [9.17, 15) is 5.26 Å². The highest BCUT2D eigenvalue weighted by molar-refractivity contribution is 7.98. The van der Waals surface area contributed by atoms with Gasteiger partial charge in [0.15, 0.2) is 0 Å². The molecule has 0 saturated carbocycles. The Hall–Kier alpha value is -1.18. The van der Waals surface area contributed by atoms with E-state index in [0.29, 0.717) is 6.04 Å². The van der Waals surface area contributed by atoms with Crippen LogP contribution in [-0.4, -0.2) is 31.9 Å². The van der Waals surface area contributed by atoms with Crippen molar-refractivity contribution < 1.29 is 0 Å². The normalized spacial score (nSPS) is 18.2. The minimum Gasteiger partial charge on any atom is -0.369 e. The zero-order valence-corrected chi connectivity index (χ0v) is 13.9. The molecule has 0 aromatic heterocycles. The van der Waals surface area contributed by atoms with Gasteiger partial charge in [-0.25, -0.2) is 0 Å². The van der Waals surface area contributed by atoms with Crippen molar-refractivity contribution in [2.75, 3.05) is 30.8 Å². The third-order valence-electron chi connectivity index (χ3n) is 4.02. The van der Waals surface area contributed by atoms with Crippen LogP contribution in [0.3, 0.4) is 0 Å². The SMILES string of the molecule is CCCN(CC1CCCCN1)c1cccc(SC)c1C#N. The van der Waals surface area contributed by atoms with E-state index in [0.717, 1.165) is 42.2 Å². The Bertz CT molecular complexity index is 489. The van der Waals surface area contributed by atoms with Crippen LogP contribution < -0.4 is 10.2 Å². The highest BCUT2D eigenvalue weighted by Crippen LogP contribution is 2.29. The number of piperidine rings is 1. The quantitative estimate of drug-likeness (QED) is 0.814. The molecule has 0 spiro atoms. The van der Waals surface area contributed by atoms with E-state index in [1.165, 1.54) is 19.3 Å². The van der Waals surface area contributed by atoms with Crippen molar-refractivity contribution in [2.24, 2.45) is 0 Å². The standard InChI is InChI=1S/C17H25N3S/c1-3-11-20(13-14-7-4-5-10-19-14)16-8-6-9-17(21-2)15(16)12-18/h6,8-9,14,19H,3-5,7,10-11,13H2,1-2H3. The smallest absolute Gasteiger partial charge is 0.103 e. The van der Waals surface area contributed by atoms with Crippen molar-refractivity contribution in [3.05, 3.63) is 23.8 Å². The Kier molecular flexibility index (Phi) is 6.41. The molecule has 1 atom stereocenters. The molecule has 114 valence electrons. The molecule has 0 radical (unpaired) electrons. The summed E-state index contributed by atoms with van der Waals surface area (Å²) in [5.41, 5.74) is 1.92. The molecule has 1 unspecified atom stereocenters.